The molecule has 0 saturated heterocycles. The van der Waals surface area contributed by atoms with E-state index >= 15 is 0 Å². The average molecular weight is 616 g/mol. The molecule has 0 aliphatic rings. The fourth-order valence-electron chi connectivity index (χ4n) is 4.37. The van der Waals surface area contributed by atoms with Gasteiger partial charge in [-0.2, -0.15) is 0 Å². The van der Waals surface area contributed by atoms with E-state index in [-0.39, 0.29) is 29.1 Å². The van der Waals surface area contributed by atoms with Gasteiger partial charge in [0.2, 0.25) is 11.8 Å². The third kappa shape index (κ3) is 7.95. The van der Waals surface area contributed by atoms with Crippen LogP contribution in [0.25, 0.3) is 0 Å². The molecule has 0 fully saturated rings. The normalized spacial score (nSPS) is 12.6. The third-order valence-electron chi connectivity index (χ3n) is 6.92. The van der Waals surface area contributed by atoms with Gasteiger partial charge >= 0.3 is 0 Å². The Kier molecular flexibility index (Phi) is 11.6. The van der Waals surface area contributed by atoms with Gasteiger partial charge in [0.05, 0.1) is 24.8 Å². The van der Waals surface area contributed by atoms with Crippen molar-refractivity contribution in [3.05, 3.63) is 83.4 Å². The number of amides is 2. The van der Waals surface area contributed by atoms with Crippen LogP contribution in [0.2, 0.25) is 5.02 Å². The van der Waals surface area contributed by atoms with Gasteiger partial charge in [-0.15, -0.1) is 0 Å². The Hall–Kier alpha value is -3.76. The zero-order valence-electron chi connectivity index (χ0n) is 24.5. The highest BCUT2D eigenvalue weighted by molar-refractivity contribution is 7.92. The zero-order valence-corrected chi connectivity index (χ0v) is 26.1. The number of nitrogens with zero attached hydrogens (tertiary/aromatic N) is 2. The van der Waals surface area contributed by atoms with Crippen molar-refractivity contribution >= 4 is 39.1 Å². The van der Waals surface area contributed by atoms with Gasteiger partial charge in [-0.25, -0.2) is 8.42 Å². The number of rotatable bonds is 14. The standard InChI is InChI=1S/C31H38ClN3O6S/c1-6-22(3)33-31(37)27(7-2)34(20-23-13-15-24(32)16-14-23)30(36)21-35(25-11-9-8-10-12-25)42(38,39)26-17-18-28(40-4)29(19-26)41-5/h8-19,22,27H,6-7,20-21H2,1-5H3,(H,33,37). The maximum Gasteiger partial charge on any atom is 0.264 e. The lowest BCUT2D eigenvalue weighted by Gasteiger charge is -2.33. The van der Waals surface area contributed by atoms with Crippen LogP contribution in [0.1, 0.15) is 39.2 Å². The van der Waals surface area contributed by atoms with Crippen molar-refractivity contribution in [2.45, 2.75) is 57.1 Å². The molecular weight excluding hydrogens is 578 g/mol. The van der Waals surface area contributed by atoms with Crippen LogP contribution >= 0.6 is 11.6 Å². The molecule has 3 aromatic carbocycles. The third-order valence-corrected chi connectivity index (χ3v) is 8.94. The Bertz CT molecular complexity index is 1450. The average Bonchev–Trinajstić information content (AvgIpc) is 3.00. The lowest BCUT2D eigenvalue weighted by atomic mass is 10.1. The number of carbonyl (C=O) groups excluding carboxylic acids is 2. The summed E-state index contributed by atoms with van der Waals surface area (Å²) in [5.74, 6) is -0.242. The van der Waals surface area contributed by atoms with E-state index in [1.165, 1.54) is 37.3 Å². The van der Waals surface area contributed by atoms with Crippen LogP contribution in [0.15, 0.2) is 77.7 Å². The first kappa shape index (κ1) is 32.8. The number of para-hydroxylation sites is 1. The van der Waals surface area contributed by atoms with Crippen LogP contribution in [-0.4, -0.2) is 58.0 Å². The summed E-state index contributed by atoms with van der Waals surface area (Å²) in [6.07, 6.45) is 1.05. The molecule has 2 unspecified atom stereocenters. The minimum Gasteiger partial charge on any atom is -0.493 e. The molecule has 2 amide bonds. The summed E-state index contributed by atoms with van der Waals surface area (Å²) in [6, 6.07) is 18.7. The van der Waals surface area contributed by atoms with Crippen LogP contribution in [0.3, 0.4) is 0 Å². The smallest absolute Gasteiger partial charge is 0.264 e. The van der Waals surface area contributed by atoms with Crippen molar-refractivity contribution < 1.29 is 27.5 Å². The molecule has 0 saturated carbocycles. The molecule has 42 heavy (non-hydrogen) atoms. The number of halogens is 1. The Labute approximate surface area is 253 Å². The van der Waals surface area contributed by atoms with Gasteiger partial charge in [-0.05, 0) is 61.7 Å². The SMILES string of the molecule is CCC(C)NC(=O)C(CC)N(Cc1ccc(Cl)cc1)C(=O)CN(c1ccccc1)S(=O)(=O)c1ccc(OC)c(OC)c1. The molecule has 0 bridgehead atoms. The second-order valence-corrected chi connectivity index (χ2v) is 12.1. The lowest BCUT2D eigenvalue weighted by molar-refractivity contribution is -0.140. The fraction of sp³-hybridized carbons (Fsp3) is 0.355. The monoisotopic (exact) mass is 615 g/mol. The lowest BCUT2D eigenvalue weighted by Crippen LogP contribution is -2.53. The Morgan fingerprint density at radius 1 is 0.905 bits per heavy atom. The van der Waals surface area contributed by atoms with E-state index in [2.05, 4.69) is 5.32 Å². The van der Waals surface area contributed by atoms with E-state index in [9.17, 15) is 18.0 Å². The molecule has 0 heterocycles. The number of methoxy groups -OCH3 is 2. The topological polar surface area (TPSA) is 105 Å². The largest absolute Gasteiger partial charge is 0.493 e. The number of sulfonamides is 1. The first-order valence-corrected chi connectivity index (χ1v) is 15.5. The number of hydrogen-bond donors (Lipinski definition) is 1. The van der Waals surface area contributed by atoms with E-state index in [1.54, 1.807) is 54.6 Å². The molecule has 11 heteroatoms. The summed E-state index contributed by atoms with van der Waals surface area (Å²) in [5.41, 5.74) is 1.04. The van der Waals surface area contributed by atoms with Crippen LogP contribution in [0.5, 0.6) is 11.5 Å². The molecule has 9 nitrogen and oxygen atoms in total. The molecule has 0 aliphatic heterocycles. The van der Waals surface area contributed by atoms with Gasteiger partial charge in [0.15, 0.2) is 11.5 Å². The second kappa shape index (κ2) is 14.9. The van der Waals surface area contributed by atoms with Crippen LogP contribution in [0, 0.1) is 0 Å². The highest BCUT2D eigenvalue weighted by Crippen LogP contribution is 2.32. The summed E-state index contributed by atoms with van der Waals surface area (Å²) in [7, 11) is -1.39. The van der Waals surface area contributed by atoms with E-state index in [0.29, 0.717) is 22.9 Å². The minimum absolute atomic E-state index is 0.0809. The minimum atomic E-state index is -4.26. The fourth-order valence-corrected chi connectivity index (χ4v) is 5.93. The van der Waals surface area contributed by atoms with Crippen molar-refractivity contribution in [3.63, 3.8) is 0 Å². The van der Waals surface area contributed by atoms with Gasteiger partial charge in [-0.1, -0.05) is 55.8 Å². The molecular formula is C31H38ClN3O6S. The summed E-state index contributed by atoms with van der Waals surface area (Å²) >= 11 is 6.08. The van der Waals surface area contributed by atoms with Crippen LogP contribution in [0.4, 0.5) is 5.69 Å². The predicted molar refractivity (Wildman–Crippen MR) is 164 cm³/mol. The highest BCUT2D eigenvalue weighted by atomic mass is 35.5. The summed E-state index contributed by atoms with van der Waals surface area (Å²) in [5, 5.41) is 3.50. The Morgan fingerprint density at radius 2 is 1.55 bits per heavy atom. The van der Waals surface area contributed by atoms with Gasteiger partial charge in [0, 0.05) is 23.7 Å². The zero-order chi connectivity index (χ0) is 30.9. The first-order valence-electron chi connectivity index (χ1n) is 13.7. The number of ether oxygens (including phenoxy) is 2. The first-order chi connectivity index (χ1) is 20.0. The molecule has 3 aromatic rings. The Morgan fingerprint density at radius 3 is 2.12 bits per heavy atom. The van der Waals surface area contributed by atoms with Crippen molar-refractivity contribution in [1.82, 2.24) is 10.2 Å². The van der Waals surface area contributed by atoms with Crippen molar-refractivity contribution in [3.8, 4) is 11.5 Å². The van der Waals surface area contributed by atoms with Gasteiger partial charge in [0.1, 0.15) is 12.6 Å². The highest BCUT2D eigenvalue weighted by Gasteiger charge is 2.34. The van der Waals surface area contributed by atoms with Crippen molar-refractivity contribution in [2.75, 3.05) is 25.1 Å². The maximum atomic E-state index is 14.1. The van der Waals surface area contributed by atoms with Gasteiger partial charge in [-0.3, -0.25) is 13.9 Å². The molecule has 0 spiro atoms. The number of hydrogen-bond acceptors (Lipinski definition) is 6. The molecule has 226 valence electrons. The molecule has 2 atom stereocenters. The Balaban J connectivity index is 2.06. The predicted octanol–water partition coefficient (Wildman–Crippen LogP) is 5.27. The quantitative estimate of drug-likeness (QED) is 0.265. The molecule has 0 aromatic heterocycles. The van der Waals surface area contributed by atoms with Crippen molar-refractivity contribution in [1.29, 1.82) is 0 Å². The van der Waals surface area contributed by atoms with E-state index in [0.717, 1.165) is 16.3 Å². The van der Waals surface area contributed by atoms with Crippen molar-refractivity contribution in [2.24, 2.45) is 0 Å². The number of benzene rings is 3. The molecule has 3 rings (SSSR count). The molecule has 0 radical (unpaired) electrons. The summed E-state index contributed by atoms with van der Waals surface area (Å²) in [4.78, 5) is 28.8. The summed E-state index contributed by atoms with van der Waals surface area (Å²) < 4.78 is 39.8. The summed E-state index contributed by atoms with van der Waals surface area (Å²) in [6.45, 7) is 5.21. The maximum absolute atomic E-state index is 14.1. The number of nitrogens with one attached hydrogen (secondary N) is 1. The molecule has 0 aliphatic carbocycles. The van der Waals surface area contributed by atoms with E-state index in [4.69, 9.17) is 21.1 Å². The van der Waals surface area contributed by atoms with E-state index < -0.39 is 28.5 Å². The van der Waals surface area contributed by atoms with Crippen LogP contribution in [-0.2, 0) is 26.2 Å². The van der Waals surface area contributed by atoms with Crippen LogP contribution < -0.4 is 19.1 Å². The van der Waals surface area contributed by atoms with Gasteiger partial charge in [0.25, 0.3) is 10.0 Å². The van der Waals surface area contributed by atoms with E-state index in [1.807, 2.05) is 20.8 Å². The second-order valence-electron chi connectivity index (χ2n) is 9.75. The number of carbonyl (C=O) groups is 2. The molecule has 1 N–H and O–H groups in total. The van der Waals surface area contributed by atoms with Gasteiger partial charge < -0.3 is 19.7 Å². The number of anilines is 1.